The van der Waals surface area contributed by atoms with Crippen molar-refractivity contribution in [1.82, 2.24) is 15.3 Å². The second kappa shape index (κ2) is 6.26. The van der Waals surface area contributed by atoms with Crippen LogP contribution in [0.2, 0.25) is 0 Å². The Bertz CT molecular complexity index is 456. The molecule has 0 radical (unpaired) electrons. The average Bonchev–Trinajstić information content (AvgIpc) is 2.40. The summed E-state index contributed by atoms with van der Waals surface area (Å²) in [5.41, 5.74) is 2.33. The van der Waals surface area contributed by atoms with E-state index in [9.17, 15) is 0 Å². The van der Waals surface area contributed by atoms with Crippen LogP contribution in [0.15, 0.2) is 48.9 Å². The molecule has 2 rings (SSSR count). The first kappa shape index (κ1) is 12.7. The molecule has 2 unspecified atom stereocenters. The molecule has 0 aliphatic rings. The Morgan fingerprint density at radius 2 is 1.89 bits per heavy atom. The fourth-order valence-electron chi connectivity index (χ4n) is 2.07. The van der Waals surface area contributed by atoms with Gasteiger partial charge in [0.15, 0.2) is 0 Å². The molecule has 2 aromatic rings. The topological polar surface area (TPSA) is 37.8 Å². The predicted octanol–water partition coefficient (Wildman–Crippen LogP) is 2.76. The summed E-state index contributed by atoms with van der Waals surface area (Å²) >= 11 is 0. The third-order valence-corrected chi connectivity index (χ3v) is 2.95. The van der Waals surface area contributed by atoms with Crippen LogP contribution in [0.1, 0.15) is 31.1 Å². The molecule has 0 saturated carbocycles. The highest BCUT2D eigenvalue weighted by Gasteiger charge is 2.10. The minimum absolute atomic E-state index is 0.220. The SMILES string of the molecule is CC(Cc1ccccc1)NC(C)c1cnccn1. The molecule has 18 heavy (non-hydrogen) atoms. The Labute approximate surface area is 108 Å². The average molecular weight is 241 g/mol. The van der Waals surface area contributed by atoms with Crippen LogP contribution < -0.4 is 5.32 Å². The molecule has 1 N–H and O–H groups in total. The zero-order valence-corrected chi connectivity index (χ0v) is 10.9. The lowest BCUT2D eigenvalue weighted by atomic mass is 10.1. The zero-order chi connectivity index (χ0) is 12.8. The number of aromatic nitrogens is 2. The largest absolute Gasteiger partial charge is 0.306 e. The number of hydrogen-bond acceptors (Lipinski definition) is 3. The summed E-state index contributed by atoms with van der Waals surface area (Å²) in [4.78, 5) is 8.41. The normalized spacial score (nSPS) is 14.1. The van der Waals surface area contributed by atoms with Crippen LogP contribution in [0, 0.1) is 0 Å². The fraction of sp³-hybridized carbons (Fsp3) is 0.333. The molecule has 0 saturated heterocycles. The van der Waals surface area contributed by atoms with E-state index in [0.717, 1.165) is 12.1 Å². The first-order chi connectivity index (χ1) is 8.75. The van der Waals surface area contributed by atoms with E-state index in [1.165, 1.54) is 5.56 Å². The van der Waals surface area contributed by atoms with E-state index in [4.69, 9.17) is 0 Å². The summed E-state index contributed by atoms with van der Waals surface area (Å²) in [6.07, 6.45) is 6.26. The highest BCUT2D eigenvalue weighted by atomic mass is 15.0. The number of benzene rings is 1. The van der Waals surface area contributed by atoms with Gasteiger partial charge >= 0.3 is 0 Å². The Kier molecular flexibility index (Phi) is 4.42. The van der Waals surface area contributed by atoms with Gasteiger partial charge < -0.3 is 5.32 Å². The maximum Gasteiger partial charge on any atom is 0.0753 e. The van der Waals surface area contributed by atoms with Gasteiger partial charge in [-0.3, -0.25) is 9.97 Å². The second-order valence-electron chi connectivity index (χ2n) is 4.61. The van der Waals surface area contributed by atoms with Crippen molar-refractivity contribution in [3.8, 4) is 0 Å². The lowest BCUT2D eigenvalue weighted by molar-refractivity contribution is 0.469. The van der Waals surface area contributed by atoms with E-state index >= 15 is 0 Å². The molecule has 0 aliphatic heterocycles. The third-order valence-electron chi connectivity index (χ3n) is 2.95. The van der Waals surface area contributed by atoms with Crippen LogP contribution in [-0.2, 0) is 6.42 Å². The van der Waals surface area contributed by atoms with Crippen molar-refractivity contribution in [2.24, 2.45) is 0 Å². The van der Waals surface area contributed by atoms with Crippen molar-refractivity contribution in [2.45, 2.75) is 32.4 Å². The van der Waals surface area contributed by atoms with Gasteiger partial charge in [-0.15, -0.1) is 0 Å². The molecule has 1 aromatic carbocycles. The standard InChI is InChI=1S/C15H19N3/c1-12(10-14-6-4-3-5-7-14)18-13(2)15-11-16-8-9-17-15/h3-9,11-13,18H,10H2,1-2H3. The molecule has 94 valence electrons. The van der Waals surface area contributed by atoms with E-state index in [1.807, 2.05) is 12.3 Å². The molecule has 3 nitrogen and oxygen atoms in total. The fourth-order valence-corrected chi connectivity index (χ4v) is 2.07. The Morgan fingerprint density at radius 1 is 1.11 bits per heavy atom. The molecule has 1 aromatic heterocycles. The maximum absolute atomic E-state index is 4.31. The van der Waals surface area contributed by atoms with Crippen molar-refractivity contribution in [2.75, 3.05) is 0 Å². The van der Waals surface area contributed by atoms with Crippen molar-refractivity contribution < 1.29 is 0 Å². The lowest BCUT2D eigenvalue weighted by Gasteiger charge is -2.19. The summed E-state index contributed by atoms with van der Waals surface area (Å²) < 4.78 is 0. The summed E-state index contributed by atoms with van der Waals surface area (Å²) in [7, 11) is 0. The summed E-state index contributed by atoms with van der Waals surface area (Å²) in [5, 5.41) is 3.54. The first-order valence-electron chi connectivity index (χ1n) is 6.31. The molecular formula is C15H19N3. The zero-order valence-electron chi connectivity index (χ0n) is 10.9. The van der Waals surface area contributed by atoms with Crippen LogP contribution in [0.5, 0.6) is 0 Å². The smallest absolute Gasteiger partial charge is 0.0753 e. The van der Waals surface area contributed by atoms with Crippen molar-refractivity contribution >= 4 is 0 Å². The summed E-state index contributed by atoms with van der Waals surface area (Å²) in [6, 6.07) is 11.1. The molecular weight excluding hydrogens is 222 g/mol. The van der Waals surface area contributed by atoms with Gasteiger partial charge in [0.25, 0.3) is 0 Å². The molecule has 0 bridgehead atoms. The molecule has 0 fully saturated rings. The first-order valence-corrected chi connectivity index (χ1v) is 6.31. The Hall–Kier alpha value is -1.74. The molecule has 3 heteroatoms. The monoisotopic (exact) mass is 241 g/mol. The molecule has 0 aliphatic carbocycles. The molecule has 0 amide bonds. The molecule has 0 spiro atoms. The van der Waals surface area contributed by atoms with Gasteiger partial charge in [0.2, 0.25) is 0 Å². The van der Waals surface area contributed by atoms with E-state index in [0.29, 0.717) is 6.04 Å². The Balaban J connectivity index is 1.90. The minimum atomic E-state index is 0.220. The quantitative estimate of drug-likeness (QED) is 0.874. The van der Waals surface area contributed by atoms with Crippen LogP contribution in [-0.4, -0.2) is 16.0 Å². The van der Waals surface area contributed by atoms with Gasteiger partial charge in [0.1, 0.15) is 0 Å². The highest BCUT2D eigenvalue weighted by Crippen LogP contribution is 2.10. The van der Waals surface area contributed by atoms with Gasteiger partial charge in [-0.25, -0.2) is 0 Å². The van der Waals surface area contributed by atoms with Gasteiger partial charge in [0.05, 0.1) is 5.69 Å². The van der Waals surface area contributed by atoms with Crippen LogP contribution >= 0.6 is 0 Å². The van der Waals surface area contributed by atoms with Crippen molar-refractivity contribution in [3.63, 3.8) is 0 Å². The summed E-state index contributed by atoms with van der Waals surface area (Å²) in [6.45, 7) is 4.31. The Morgan fingerprint density at radius 3 is 2.56 bits per heavy atom. The van der Waals surface area contributed by atoms with E-state index in [-0.39, 0.29) is 6.04 Å². The van der Waals surface area contributed by atoms with E-state index < -0.39 is 0 Å². The predicted molar refractivity (Wildman–Crippen MR) is 73.2 cm³/mol. The van der Waals surface area contributed by atoms with Crippen LogP contribution in [0.4, 0.5) is 0 Å². The van der Waals surface area contributed by atoms with Gasteiger partial charge in [-0.1, -0.05) is 30.3 Å². The maximum atomic E-state index is 4.31. The third kappa shape index (κ3) is 3.64. The van der Waals surface area contributed by atoms with Crippen LogP contribution in [0.25, 0.3) is 0 Å². The molecule has 1 heterocycles. The number of nitrogens with one attached hydrogen (secondary N) is 1. The molecule has 2 atom stereocenters. The lowest BCUT2D eigenvalue weighted by Crippen LogP contribution is -2.31. The van der Waals surface area contributed by atoms with E-state index in [1.54, 1.807) is 12.4 Å². The van der Waals surface area contributed by atoms with Gasteiger partial charge in [-0.05, 0) is 25.8 Å². The highest BCUT2D eigenvalue weighted by molar-refractivity contribution is 5.15. The summed E-state index contributed by atoms with van der Waals surface area (Å²) in [5.74, 6) is 0. The number of nitrogens with zero attached hydrogens (tertiary/aromatic N) is 2. The van der Waals surface area contributed by atoms with Gasteiger partial charge in [0, 0.05) is 30.7 Å². The van der Waals surface area contributed by atoms with Crippen molar-refractivity contribution in [3.05, 3.63) is 60.2 Å². The second-order valence-corrected chi connectivity index (χ2v) is 4.61. The number of hydrogen-bond donors (Lipinski definition) is 1. The number of rotatable bonds is 5. The van der Waals surface area contributed by atoms with Crippen molar-refractivity contribution in [1.29, 1.82) is 0 Å². The van der Waals surface area contributed by atoms with E-state index in [2.05, 4.69) is 53.4 Å². The van der Waals surface area contributed by atoms with Crippen LogP contribution in [0.3, 0.4) is 0 Å². The minimum Gasteiger partial charge on any atom is -0.306 e. The van der Waals surface area contributed by atoms with Gasteiger partial charge in [-0.2, -0.15) is 0 Å².